The Morgan fingerprint density at radius 3 is 1.09 bits per heavy atom. The van der Waals surface area contributed by atoms with Gasteiger partial charge >= 0.3 is 0 Å². The Hall–Kier alpha value is -2.64. The first kappa shape index (κ1) is 29.4. The minimum atomic E-state index is -1.53. The van der Waals surface area contributed by atoms with Gasteiger partial charge in [-0.3, -0.25) is 50.5 Å². The molecule has 0 aliphatic carbocycles. The molecule has 0 aliphatic rings. The molecule has 0 atom stereocenters. The molecule has 0 radical (unpaired) electrons. The molecule has 0 aromatic carbocycles. The van der Waals surface area contributed by atoms with Gasteiger partial charge in [-0.15, -0.1) is 0 Å². The Kier molecular flexibility index (Phi) is 15.6. The lowest BCUT2D eigenvalue weighted by atomic mass is 10.2. The standard InChI is InChI=1S/C14H28N10O6S2/c15-21-11(27)9(12(28)22-16)19-7(25)3-1-5-31-32-6-2-4-8(26)20-10(13(29)23-17)14(30)24-18/h9-10H,1-6,15-18H2,(H,19,25)(H,20,26)(H,21,27)(H,22,28)(H,23,29)(H,24,30). The second-order valence-corrected chi connectivity index (χ2v) is 8.59. The normalized spacial score (nSPS) is 10.3. The maximum absolute atomic E-state index is 11.8. The SMILES string of the molecule is NNC(=O)C(NC(=O)CCCSSCCCC(=O)NC(C(=O)NN)C(=O)NN)C(=O)NN. The zero-order chi connectivity index (χ0) is 24.5. The number of carbonyl (C=O) groups excluding carboxylic acids is 6. The van der Waals surface area contributed by atoms with Crippen LogP contribution in [0.2, 0.25) is 0 Å². The van der Waals surface area contributed by atoms with Gasteiger partial charge in [0.25, 0.3) is 23.6 Å². The molecule has 0 heterocycles. The van der Waals surface area contributed by atoms with E-state index in [1.54, 1.807) is 21.7 Å². The van der Waals surface area contributed by atoms with Gasteiger partial charge in [-0.1, -0.05) is 21.6 Å². The van der Waals surface area contributed by atoms with Gasteiger partial charge < -0.3 is 10.6 Å². The van der Waals surface area contributed by atoms with Gasteiger partial charge in [-0.05, 0) is 12.8 Å². The fraction of sp³-hybridized carbons (Fsp3) is 0.571. The van der Waals surface area contributed by atoms with Gasteiger partial charge in [0.05, 0.1) is 0 Å². The highest BCUT2D eigenvalue weighted by atomic mass is 33.1. The molecular weight excluding hydrogens is 468 g/mol. The predicted octanol–water partition coefficient (Wildman–Crippen LogP) is -5.14. The molecule has 6 amide bonds. The molecule has 0 aromatic heterocycles. The highest BCUT2D eigenvalue weighted by Crippen LogP contribution is 2.23. The maximum Gasteiger partial charge on any atom is 0.266 e. The molecule has 14 N–H and O–H groups in total. The number of rotatable bonds is 15. The minimum Gasteiger partial charge on any atom is -0.336 e. The lowest BCUT2D eigenvalue weighted by molar-refractivity contribution is -0.137. The second-order valence-electron chi connectivity index (χ2n) is 5.89. The van der Waals surface area contributed by atoms with Gasteiger partial charge in [0, 0.05) is 24.3 Å². The molecule has 0 saturated heterocycles. The molecule has 182 valence electrons. The van der Waals surface area contributed by atoms with E-state index in [4.69, 9.17) is 23.4 Å². The first-order valence-corrected chi connectivity index (χ1v) is 11.6. The summed E-state index contributed by atoms with van der Waals surface area (Å²) < 4.78 is 0. The van der Waals surface area contributed by atoms with E-state index in [9.17, 15) is 28.8 Å². The third kappa shape index (κ3) is 11.7. The van der Waals surface area contributed by atoms with Crippen LogP contribution in [0.25, 0.3) is 0 Å². The molecule has 0 aromatic rings. The van der Waals surface area contributed by atoms with Crippen molar-refractivity contribution in [2.75, 3.05) is 11.5 Å². The van der Waals surface area contributed by atoms with E-state index in [2.05, 4.69) is 10.6 Å². The van der Waals surface area contributed by atoms with Crippen LogP contribution in [0.4, 0.5) is 0 Å². The van der Waals surface area contributed by atoms with Crippen LogP contribution >= 0.6 is 21.6 Å². The zero-order valence-electron chi connectivity index (χ0n) is 17.0. The van der Waals surface area contributed by atoms with Crippen molar-refractivity contribution in [2.24, 2.45) is 23.4 Å². The minimum absolute atomic E-state index is 0.0654. The van der Waals surface area contributed by atoms with Crippen LogP contribution < -0.4 is 55.7 Å². The van der Waals surface area contributed by atoms with Gasteiger partial charge in [0.15, 0.2) is 12.1 Å². The van der Waals surface area contributed by atoms with Gasteiger partial charge in [0.2, 0.25) is 11.8 Å². The summed E-state index contributed by atoms with van der Waals surface area (Å²) in [7, 11) is 2.93. The molecular formula is C14H28N10O6S2. The summed E-state index contributed by atoms with van der Waals surface area (Å²) in [5, 5.41) is 4.45. The molecule has 0 bridgehead atoms. The second kappa shape index (κ2) is 17.0. The Morgan fingerprint density at radius 2 is 0.844 bits per heavy atom. The van der Waals surface area contributed by atoms with E-state index >= 15 is 0 Å². The molecule has 0 spiro atoms. The summed E-state index contributed by atoms with van der Waals surface area (Å²) in [6.45, 7) is 0. The summed E-state index contributed by atoms with van der Waals surface area (Å²) in [6.07, 6.45) is 1.07. The van der Waals surface area contributed by atoms with Crippen LogP contribution in [0, 0.1) is 0 Å². The first-order valence-electron chi connectivity index (χ1n) is 9.06. The predicted molar refractivity (Wildman–Crippen MR) is 117 cm³/mol. The molecule has 18 heteroatoms. The lowest BCUT2D eigenvalue weighted by Crippen LogP contribution is -2.57. The molecule has 0 fully saturated rings. The van der Waals surface area contributed by atoms with Crippen molar-refractivity contribution < 1.29 is 28.8 Å². The van der Waals surface area contributed by atoms with Crippen molar-refractivity contribution in [2.45, 2.75) is 37.8 Å². The Labute approximate surface area is 191 Å². The molecule has 0 rings (SSSR count). The van der Waals surface area contributed by atoms with E-state index in [-0.39, 0.29) is 12.8 Å². The third-order valence-electron chi connectivity index (χ3n) is 3.57. The third-order valence-corrected chi connectivity index (χ3v) is 6.15. The smallest absolute Gasteiger partial charge is 0.266 e. The number of amides is 6. The summed E-state index contributed by atoms with van der Waals surface area (Å²) in [4.78, 5) is 69.6. The van der Waals surface area contributed by atoms with Crippen molar-refractivity contribution in [3.8, 4) is 0 Å². The van der Waals surface area contributed by atoms with Gasteiger partial charge in [-0.25, -0.2) is 23.4 Å². The maximum atomic E-state index is 11.8. The topological polar surface area (TPSA) is 279 Å². The summed E-state index contributed by atoms with van der Waals surface area (Å²) in [5.41, 5.74) is 7.04. The number of nitrogens with one attached hydrogen (secondary N) is 6. The van der Waals surface area contributed by atoms with E-state index in [0.717, 1.165) is 0 Å². The Bertz CT molecular complexity index is 594. The van der Waals surface area contributed by atoms with Crippen LogP contribution in [0.3, 0.4) is 0 Å². The first-order chi connectivity index (χ1) is 15.2. The lowest BCUT2D eigenvalue weighted by Gasteiger charge is -2.15. The van der Waals surface area contributed by atoms with Gasteiger partial charge in [0.1, 0.15) is 0 Å². The number of nitrogens with two attached hydrogens (primary N) is 4. The molecule has 0 unspecified atom stereocenters. The molecule has 16 nitrogen and oxygen atoms in total. The van der Waals surface area contributed by atoms with E-state index < -0.39 is 47.5 Å². The van der Waals surface area contributed by atoms with E-state index in [1.807, 2.05) is 0 Å². The Morgan fingerprint density at radius 1 is 0.562 bits per heavy atom. The van der Waals surface area contributed by atoms with Crippen LogP contribution in [-0.4, -0.2) is 59.0 Å². The van der Waals surface area contributed by atoms with Crippen LogP contribution in [0.5, 0.6) is 0 Å². The van der Waals surface area contributed by atoms with Crippen molar-refractivity contribution in [3.05, 3.63) is 0 Å². The average molecular weight is 497 g/mol. The van der Waals surface area contributed by atoms with Gasteiger partial charge in [-0.2, -0.15) is 0 Å². The Balaban J connectivity index is 4.04. The molecule has 32 heavy (non-hydrogen) atoms. The number of hydrogen-bond acceptors (Lipinski definition) is 12. The van der Waals surface area contributed by atoms with Crippen LogP contribution in [-0.2, 0) is 28.8 Å². The van der Waals surface area contributed by atoms with Crippen LogP contribution in [0.1, 0.15) is 25.7 Å². The fourth-order valence-corrected chi connectivity index (χ4v) is 4.18. The fourth-order valence-electron chi connectivity index (χ4n) is 2.00. The monoisotopic (exact) mass is 496 g/mol. The van der Waals surface area contributed by atoms with E-state index in [0.29, 0.717) is 24.3 Å². The highest BCUT2D eigenvalue weighted by Gasteiger charge is 2.28. The van der Waals surface area contributed by atoms with Crippen LogP contribution in [0.15, 0.2) is 0 Å². The molecule has 0 aliphatic heterocycles. The quantitative estimate of drug-likeness (QED) is 0.0254. The highest BCUT2D eigenvalue weighted by molar-refractivity contribution is 8.76. The van der Waals surface area contributed by atoms with Crippen molar-refractivity contribution in [1.29, 1.82) is 0 Å². The van der Waals surface area contributed by atoms with Crippen molar-refractivity contribution in [1.82, 2.24) is 32.3 Å². The number of hydrazine groups is 4. The average Bonchev–Trinajstić information content (AvgIpc) is 2.80. The van der Waals surface area contributed by atoms with Crippen molar-refractivity contribution in [3.63, 3.8) is 0 Å². The van der Waals surface area contributed by atoms with E-state index in [1.165, 1.54) is 21.6 Å². The zero-order valence-corrected chi connectivity index (χ0v) is 18.6. The van der Waals surface area contributed by atoms with Crippen molar-refractivity contribution >= 4 is 57.0 Å². The summed E-state index contributed by atoms with van der Waals surface area (Å²) in [5.74, 6) is 16.3. The number of carbonyl (C=O) groups is 6. The summed E-state index contributed by atoms with van der Waals surface area (Å²) >= 11 is 0. The summed E-state index contributed by atoms with van der Waals surface area (Å²) in [6, 6.07) is -3.06. The largest absolute Gasteiger partial charge is 0.336 e. The molecule has 0 saturated carbocycles. The number of hydrogen-bond donors (Lipinski definition) is 10.